The quantitative estimate of drug-likeness (QED) is 0.849. The van der Waals surface area contributed by atoms with E-state index in [1.807, 2.05) is 13.8 Å². The fourth-order valence-electron chi connectivity index (χ4n) is 2.06. The van der Waals surface area contributed by atoms with Crippen LogP contribution < -0.4 is 5.73 Å². The van der Waals surface area contributed by atoms with Crippen LogP contribution in [0.25, 0.3) is 0 Å². The van der Waals surface area contributed by atoms with Crippen molar-refractivity contribution in [3.63, 3.8) is 0 Å². The van der Waals surface area contributed by atoms with Crippen molar-refractivity contribution in [3.8, 4) is 0 Å². The fourth-order valence-corrected chi connectivity index (χ4v) is 4.02. The molecule has 0 heterocycles. The van der Waals surface area contributed by atoms with Crippen molar-refractivity contribution in [1.82, 2.24) is 4.31 Å². The Hall–Kier alpha value is -1.21. The van der Waals surface area contributed by atoms with Crippen molar-refractivity contribution >= 4 is 15.7 Å². The minimum absolute atomic E-state index is 0.0966. The van der Waals surface area contributed by atoms with Crippen LogP contribution in [0.4, 0.5) is 14.5 Å². The van der Waals surface area contributed by atoms with Gasteiger partial charge in [0, 0.05) is 18.3 Å². The van der Waals surface area contributed by atoms with E-state index in [0.717, 1.165) is 25.0 Å². The number of nitrogens with zero attached hydrogens (tertiary/aromatic N) is 1. The summed E-state index contributed by atoms with van der Waals surface area (Å²) in [6.07, 6.45) is 1.50. The van der Waals surface area contributed by atoms with Gasteiger partial charge in [0.25, 0.3) is 0 Å². The molecular weight excluding hydrogens is 286 g/mol. The Morgan fingerprint density at radius 3 is 2.45 bits per heavy atom. The van der Waals surface area contributed by atoms with Gasteiger partial charge in [-0.25, -0.2) is 17.2 Å². The molecule has 1 saturated carbocycles. The molecule has 0 amide bonds. The van der Waals surface area contributed by atoms with Gasteiger partial charge in [0.15, 0.2) is 11.6 Å². The molecule has 1 aliphatic carbocycles. The second kappa shape index (κ2) is 5.29. The summed E-state index contributed by atoms with van der Waals surface area (Å²) in [4.78, 5) is -0.678. The van der Waals surface area contributed by atoms with E-state index in [0.29, 0.717) is 0 Å². The lowest BCUT2D eigenvalue weighted by Gasteiger charge is -2.24. The molecule has 1 aromatic carbocycles. The summed E-state index contributed by atoms with van der Waals surface area (Å²) >= 11 is 0. The molecule has 2 rings (SSSR count). The zero-order valence-electron chi connectivity index (χ0n) is 11.4. The number of halogens is 2. The Morgan fingerprint density at radius 1 is 1.35 bits per heavy atom. The number of nitrogen functional groups attached to an aromatic ring is 1. The summed E-state index contributed by atoms with van der Waals surface area (Å²) in [5.74, 6) is -2.52. The summed E-state index contributed by atoms with van der Waals surface area (Å²) in [5.41, 5.74) is 5.32. The molecule has 1 fully saturated rings. The number of anilines is 1. The minimum Gasteiger partial charge on any atom is -0.399 e. The maximum absolute atomic E-state index is 13.8. The first-order valence-corrected chi connectivity index (χ1v) is 7.94. The Bertz CT molecular complexity index is 613. The number of nitrogens with two attached hydrogens (primary N) is 1. The molecule has 2 N–H and O–H groups in total. The first kappa shape index (κ1) is 15.2. The molecule has 4 nitrogen and oxygen atoms in total. The summed E-state index contributed by atoms with van der Waals surface area (Å²) in [6.45, 7) is 4.03. The van der Waals surface area contributed by atoms with Crippen LogP contribution >= 0.6 is 0 Å². The lowest BCUT2D eigenvalue weighted by atomic mass is 10.2. The Balaban J connectivity index is 2.48. The normalized spacial score (nSPS) is 16.1. The minimum atomic E-state index is -4.07. The fraction of sp³-hybridized carbons (Fsp3) is 0.538. The number of rotatable bonds is 5. The smallest absolute Gasteiger partial charge is 0.246 e. The van der Waals surface area contributed by atoms with Gasteiger partial charge in [0.1, 0.15) is 4.90 Å². The van der Waals surface area contributed by atoms with Crippen LogP contribution in [0.3, 0.4) is 0 Å². The van der Waals surface area contributed by atoms with E-state index in [9.17, 15) is 17.2 Å². The van der Waals surface area contributed by atoms with Crippen LogP contribution in [0.5, 0.6) is 0 Å². The van der Waals surface area contributed by atoms with Gasteiger partial charge in [-0.1, -0.05) is 13.8 Å². The molecule has 1 aliphatic rings. The first-order valence-electron chi connectivity index (χ1n) is 6.50. The second-order valence-electron chi connectivity index (χ2n) is 5.51. The molecule has 1 aromatic rings. The average molecular weight is 304 g/mol. The SMILES string of the molecule is CC(C)CN(C1CC1)S(=O)(=O)c1cc(N)cc(F)c1F. The topological polar surface area (TPSA) is 63.4 Å². The summed E-state index contributed by atoms with van der Waals surface area (Å²) in [7, 11) is -4.07. The zero-order valence-corrected chi connectivity index (χ0v) is 12.3. The highest BCUT2D eigenvalue weighted by molar-refractivity contribution is 7.89. The molecule has 0 aliphatic heterocycles. The van der Waals surface area contributed by atoms with Crippen molar-refractivity contribution in [1.29, 1.82) is 0 Å². The van der Waals surface area contributed by atoms with E-state index < -0.39 is 26.6 Å². The van der Waals surface area contributed by atoms with Crippen LogP contribution in [0.15, 0.2) is 17.0 Å². The van der Waals surface area contributed by atoms with E-state index in [1.165, 1.54) is 4.31 Å². The Kier molecular flexibility index (Phi) is 4.02. The summed E-state index contributed by atoms with van der Waals surface area (Å²) in [6, 6.07) is 1.63. The van der Waals surface area contributed by atoms with Crippen LogP contribution in [-0.2, 0) is 10.0 Å². The van der Waals surface area contributed by atoms with E-state index in [-0.39, 0.29) is 24.2 Å². The van der Waals surface area contributed by atoms with Gasteiger partial charge in [-0.05, 0) is 30.9 Å². The molecular formula is C13H18F2N2O2S. The van der Waals surface area contributed by atoms with Crippen molar-refractivity contribution in [2.75, 3.05) is 12.3 Å². The van der Waals surface area contributed by atoms with E-state index in [2.05, 4.69) is 0 Å². The van der Waals surface area contributed by atoms with Crippen LogP contribution in [0, 0.1) is 17.6 Å². The van der Waals surface area contributed by atoms with Crippen LogP contribution in [0.2, 0.25) is 0 Å². The van der Waals surface area contributed by atoms with Crippen molar-refractivity contribution < 1.29 is 17.2 Å². The van der Waals surface area contributed by atoms with Crippen LogP contribution in [-0.4, -0.2) is 25.3 Å². The highest BCUT2D eigenvalue weighted by Gasteiger charge is 2.40. The molecule has 112 valence electrons. The number of benzene rings is 1. The lowest BCUT2D eigenvalue weighted by Crippen LogP contribution is -2.36. The monoisotopic (exact) mass is 304 g/mol. The zero-order chi connectivity index (χ0) is 15.1. The van der Waals surface area contributed by atoms with Gasteiger partial charge in [-0.15, -0.1) is 0 Å². The number of sulfonamides is 1. The first-order chi connectivity index (χ1) is 9.23. The molecule has 0 aromatic heterocycles. The van der Waals surface area contributed by atoms with Crippen molar-refractivity contribution in [3.05, 3.63) is 23.8 Å². The average Bonchev–Trinajstić information content (AvgIpc) is 3.14. The van der Waals surface area contributed by atoms with Gasteiger partial charge in [0.2, 0.25) is 10.0 Å². The largest absolute Gasteiger partial charge is 0.399 e. The van der Waals surface area contributed by atoms with Gasteiger partial charge in [-0.3, -0.25) is 0 Å². The summed E-state index contributed by atoms with van der Waals surface area (Å²) in [5, 5.41) is 0. The molecule has 20 heavy (non-hydrogen) atoms. The molecule has 0 radical (unpaired) electrons. The highest BCUT2D eigenvalue weighted by Crippen LogP contribution is 2.34. The summed E-state index contributed by atoms with van der Waals surface area (Å²) < 4.78 is 53.5. The molecule has 0 spiro atoms. The van der Waals surface area contributed by atoms with E-state index in [4.69, 9.17) is 5.73 Å². The third-order valence-corrected chi connectivity index (χ3v) is 5.02. The van der Waals surface area contributed by atoms with Gasteiger partial charge in [-0.2, -0.15) is 4.31 Å². The molecule has 0 atom stereocenters. The van der Waals surface area contributed by atoms with Gasteiger partial charge in [0.05, 0.1) is 0 Å². The number of hydrogen-bond donors (Lipinski definition) is 1. The Labute approximate surface area is 117 Å². The number of hydrogen-bond acceptors (Lipinski definition) is 3. The maximum Gasteiger partial charge on any atom is 0.246 e. The predicted octanol–water partition coefficient (Wildman–Crippen LogP) is 2.36. The third-order valence-electron chi connectivity index (χ3n) is 3.10. The highest BCUT2D eigenvalue weighted by atomic mass is 32.2. The van der Waals surface area contributed by atoms with Crippen molar-refractivity contribution in [2.24, 2.45) is 5.92 Å². The molecule has 0 bridgehead atoms. The van der Waals surface area contributed by atoms with Gasteiger partial charge >= 0.3 is 0 Å². The molecule has 7 heteroatoms. The van der Waals surface area contributed by atoms with Crippen molar-refractivity contribution in [2.45, 2.75) is 37.6 Å². The second-order valence-corrected chi connectivity index (χ2v) is 7.37. The van der Waals surface area contributed by atoms with Crippen LogP contribution in [0.1, 0.15) is 26.7 Å². The molecule has 0 saturated heterocycles. The van der Waals surface area contributed by atoms with E-state index >= 15 is 0 Å². The maximum atomic E-state index is 13.8. The van der Waals surface area contributed by atoms with E-state index in [1.54, 1.807) is 0 Å². The van der Waals surface area contributed by atoms with Gasteiger partial charge < -0.3 is 5.73 Å². The predicted molar refractivity (Wildman–Crippen MR) is 72.5 cm³/mol. The molecule has 0 unspecified atom stereocenters. The third kappa shape index (κ3) is 2.93. The standard InChI is InChI=1S/C13H18F2N2O2S/c1-8(2)7-17(10-3-4-10)20(18,19)12-6-9(16)5-11(14)13(12)15/h5-6,8,10H,3-4,7,16H2,1-2H3. The lowest BCUT2D eigenvalue weighted by molar-refractivity contribution is 0.357. The Morgan fingerprint density at radius 2 is 1.95 bits per heavy atom.